The molecule has 0 atom stereocenters. The molecule has 0 saturated heterocycles. The lowest BCUT2D eigenvalue weighted by Crippen LogP contribution is -2.09. The second-order valence-corrected chi connectivity index (χ2v) is 3.08. The lowest BCUT2D eigenvalue weighted by molar-refractivity contribution is 0.438. The van der Waals surface area contributed by atoms with E-state index in [1.165, 1.54) is 5.57 Å². The van der Waals surface area contributed by atoms with Crippen LogP contribution in [0.2, 0.25) is 0 Å². The van der Waals surface area contributed by atoms with Gasteiger partial charge in [-0.1, -0.05) is 38.2 Å². The molecule has 0 amide bonds. The van der Waals surface area contributed by atoms with Gasteiger partial charge in [-0.2, -0.15) is 5.10 Å². The number of hydrogen-bond donors (Lipinski definition) is 0. The average molecular weight is 192 g/mol. The molecule has 1 aliphatic carbocycles. The van der Waals surface area contributed by atoms with Gasteiger partial charge in [0.15, 0.2) is 0 Å². The van der Waals surface area contributed by atoms with Crippen LogP contribution in [0.15, 0.2) is 41.1 Å². The fourth-order valence-electron chi connectivity index (χ4n) is 1.03. The fraction of sp³-hybridized carbons (Fsp3) is 0.417. The third-order valence-electron chi connectivity index (χ3n) is 1.54. The number of hydrogen-bond acceptors (Lipinski definition) is 2. The first-order valence-corrected chi connectivity index (χ1v) is 4.91. The van der Waals surface area contributed by atoms with Crippen molar-refractivity contribution in [3.05, 3.63) is 36.0 Å². The minimum atomic E-state index is 0.936. The Morgan fingerprint density at radius 2 is 1.79 bits per heavy atom. The first-order valence-electron chi connectivity index (χ1n) is 4.91. The van der Waals surface area contributed by atoms with Crippen LogP contribution in [-0.4, -0.2) is 24.8 Å². The van der Waals surface area contributed by atoms with Crippen LogP contribution in [0.5, 0.6) is 0 Å². The summed E-state index contributed by atoms with van der Waals surface area (Å²) in [7, 11) is 3.80. The van der Waals surface area contributed by atoms with Gasteiger partial charge in [-0.05, 0) is 18.6 Å². The highest BCUT2D eigenvalue weighted by atomic mass is 15.4. The third kappa shape index (κ3) is 4.08. The highest BCUT2D eigenvalue weighted by Gasteiger charge is 2.03. The van der Waals surface area contributed by atoms with Crippen molar-refractivity contribution in [2.75, 3.05) is 14.1 Å². The lowest BCUT2D eigenvalue weighted by atomic mass is 10.0. The molecule has 78 valence electrons. The van der Waals surface area contributed by atoms with Gasteiger partial charge in [0, 0.05) is 14.1 Å². The summed E-state index contributed by atoms with van der Waals surface area (Å²) < 4.78 is 0. The van der Waals surface area contributed by atoms with Gasteiger partial charge in [0.2, 0.25) is 0 Å². The molecular weight excluding hydrogens is 172 g/mol. The summed E-state index contributed by atoms with van der Waals surface area (Å²) in [5, 5.41) is 6.05. The Balaban J connectivity index is 0.000000791. The Labute approximate surface area is 87.3 Å². The molecule has 0 aliphatic heterocycles. The van der Waals surface area contributed by atoms with Crippen LogP contribution in [-0.2, 0) is 0 Å². The van der Waals surface area contributed by atoms with Gasteiger partial charge in [-0.15, -0.1) is 0 Å². The zero-order chi connectivity index (χ0) is 11.1. The summed E-state index contributed by atoms with van der Waals surface area (Å²) >= 11 is 0. The Morgan fingerprint density at radius 3 is 2.21 bits per heavy atom. The van der Waals surface area contributed by atoms with Crippen LogP contribution in [0.1, 0.15) is 20.8 Å². The predicted molar refractivity (Wildman–Crippen MR) is 64.5 cm³/mol. The Morgan fingerprint density at radius 1 is 1.21 bits per heavy atom. The van der Waals surface area contributed by atoms with E-state index in [9.17, 15) is 0 Å². The van der Waals surface area contributed by atoms with Crippen LogP contribution in [0, 0.1) is 0 Å². The van der Waals surface area contributed by atoms with E-state index in [-0.39, 0.29) is 0 Å². The van der Waals surface area contributed by atoms with E-state index in [0.717, 1.165) is 11.3 Å². The minimum Gasteiger partial charge on any atom is -0.303 e. The molecule has 0 unspecified atom stereocenters. The molecule has 0 heterocycles. The molecule has 0 fully saturated rings. The number of allylic oxidation sites excluding steroid dienone is 5. The van der Waals surface area contributed by atoms with Crippen molar-refractivity contribution in [1.29, 1.82) is 0 Å². The Kier molecular flexibility index (Phi) is 5.61. The highest BCUT2D eigenvalue weighted by Crippen LogP contribution is 2.11. The monoisotopic (exact) mass is 192 g/mol. The van der Waals surface area contributed by atoms with Crippen LogP contribution in [0.4, 0.5) is 0 Å². The first kappa shape index (κ1) is 12.7. The molecule has 0 saturated carbocycles. The molecular formula is C12H20N2. The van der Waals surface area contributed by atoms with Gasteiger partial charge < -0.3 is 5.01 Å². The zero-order valence-electron chi connectivity index (χ0n) is 9.83. The van der Waals surface area contributed by atoms with E-state index in [2.05, 4.69) is 11.7 Å². The molecule has 0 N–H and O–H groups in total. The summed E-state index contributed by atoms with van der Waals surface area (Å²) in [5.41, 5.74) is 3.13. The van der Waals surface area contributed by atoms with Crippen molar-refractivity contribution in [1.82, 2.24) is 5.01 Å². The molecule has 14 heavy (non-hydrogen) atoms. The largest absolute Gasteiger partial charge is 0.303 e. The van der Waals surface area contributed by atoms with Crippen molar-refractivity contribution >= 4 is 5.71 Å². The molecule has 0 radical (unpaired) electrons. The normalized spacial score (nSPS) is 17.4. The summed E-state index contributed by atoms with van der Waals surface area (Å²) in [6.07, 6.45) is 6.05. The summed E-state index contributed by atoms with van der Waals surface area (Å²) in [5.74, 6) is 0. The molecule has 0 spiro atoms. The maximum Gasteiger partial charge on any atom is 0.0897 e. The van der Waals surface area contributed by atoms with Crippen molar-refractivity contribution in [2.45, 2.75) is 20.8 Å². The van der Waals surface area contributed by atoms with E-state index in [4.69, 9.17) is 0 Å². The van der Waals surface area contributed by atoms with Crippen LogP contribution in [0.3, 0.4) is 0 Å². The predicted octanol–water partition coefficient (Wildman–Crippen LogP) is 3.00. The maximum atomic E-state index is 4.27. The molecule has 0 aromatic rings. The van der Waals surface area contributed by atoms with Gasteiger partial charge in [-0.25, -0.2) is 0 Å². The number of hydrazone groups is 1. The lowest BCUT2D eigenvalue weighted by Gasteiger charge is -2.11. The molecule has 0 aromatic carbocycles. The Hall–Kier alpha value is -1.31. The molecule has 0 aromatic heterocycles. The van der Waals surface area contributed by atoms with Crippen LogP contribution in [0.25, 0.3) is 0 Å². The van der Waals surface area contributed by atoms with E-state index in [0.29, 0.717) is 0 Å². The van der Waals surface area contributed by atoms with E-state index >= 15 is 0 Å². The van der Waals surface area contributed by atoms with Gasteiger partial charge in [0.25, 0.3) is 0 Å². The average Bonchev–Trinajstić information content (AvgIpc) is 2.13. The first-order chi connectivity index (χ1) is 6.59. The molecule has 2 heteroatoms. The van der Waals surface area contributed by atoms with E-state index in [1.54, 1.807) is 5.01 Å². The molecule has 1 rings (SSSR count). The zero-order valence-corrected chi connectivity index (χ0v) is 9.83. The second-order valence-electron chi connectivity index (χ2n) is 3.08. The smallest absolute Gasteiger partial charge is 0.0897 e. The highest BCUT2D eigenvalue weighted by molar-refractivity contribution is 6.11. The van der Waals surface area contributed by atoms with Gasteiger partial charge in [0.05, 0.1) is 5.71 Å². The topological polar surface area (TPSA) is 15.6 Å². The Bertz CT molecular complexity index is 281. The van der Waals surface area contributed by atoms with Crippen molar-refractivity contribution in [2.24, 2.45) is 5.10 Å². The van der Waals surface area contributed by atoms with Crippen LogP contribution >= 0.6 is 0 Å². The van der Waals surface area contributed by atoms with Gasteiger partial charge in [-0.3, -0.25) is 0 Å². The number of nitrogens with zero attached hydrogens (tertiary/aromatic N) is 2. The third-order valence-corrected chi connectivity index (χ3v) is 1.54. The second kappa shape index (κ2) is 6.19. The molecule has 2 nitrogen and oxygen atoms in total. The summed E-state index contributed by atoms with van der Waals surface area (Å²) in [4.78, 5) is 0. The summed E-state index contributed by atoms with van der Waals surface area (Å²) in [6, 6.07) is 0. The minimum absolute atomic E-state index is 0.936. The maximum absolute atomic E-state index is 4.27. The van der Waals surface area contributed by atoms with Crippen molar-refractivity contribution in [3.63, 3.8) is 0 Å². The van der Waals surface area contributed by atoms with Crippen molar-refractivity contribution < 1.29 is 0 Å². The van der Waals surface area contributed by atoms with Gasteiger partial charge >= 0.3 is 0 Å². The molecule has 0 bridgehead atoms. The SMILES string of the molecule is C=C1C=C(C)C=C/C1=N/N(C)C.CC. The van der Waals surface area contributed by atoms with Crippen LogP contribution < -0.4 is 0 Å². The van der Waals surface area contributed by atoms with Gasteiger partial charge in [0.1, 0.15) is 0 Å². The number of rotatable bonds is 1. The van der Waals surface area contributed by atoms with Crippen molar-refractivity contribution in [3.8, 4) is 0 Å². The fourth-order valence-corrected chi connectivity index (χ4v) is 1.03. The quantitative estimate of drug-likeness (QED) is 0.583. The van der Waals surface area contributed by atoms with E-state index in [1.807, 2.05) is 53.1 Å². The standard InChI is InChI=1S/C10H14N2.C2H6/c1-8-5-6-10(9(2)7-8)11-12(3)4;1-2/h5-7H,2H2,1,3-4H3;1-2H3/b11-10-;. The molecule has 1 aliphatic rings. The summed E-state index contributed by atoms with van der Waals surface area (Å²) in [6.45, 7) is 9.96. The van der Waals surface area contributed by atoms with E-state index < -0.39 is 0 Å².